The summed E-state index contributed by atoms with van der Waals surface area (Å²) in [4.78, 5) is 85.3. The molecule has 3 saturated heterocycles. The Labute approximate surface area is 345 Å². The van der Waals surface area contributed by atoms with Crippen LogP contribution in [0, 0.1) is 0 Å². The molecule has 5 aliphatic rings. The Morgan fingerprint density at radius 2 is 1.65 bits per heavy atom. The highest BCUT2D eigenvalue weighted by atomic mass is 19.3. The number of aromatic nitrogens is 3. The molecule has 0 bridgehead atoms. The molecule has 1 aliphatic carbocycles. The first-order valence-corrected chi connectivity index (χ1v) is 20.5. The van der Waals surface area contributed by atoms with Gasteiger partial charge in [-0.25, -0.2) is 9.78 Å². The maximum atomic E-state index is 15.0. The number of carbonyl (C=O) groups is 5. The first kappa shape index (κ1) is 40.6. The number of halogens is 2. The highest BCUT2D eigenvalue weighted by Crippen LogP contribution is 2.40. The van der Waals surface area contributed by atoms with E-state index in [9.17, 15) is 24.0 Å². The second-order valence-electron chi connectivity index (χ2n) is 16.0. The van der Waals surface area contributed by atoms with Gasteiger partial charge in [0.05, 0.1) is 37.2 Å². The number of urea groups is 1. The predicted octanol–water partition coefficient (Wildman–Crippen LogP) is 3.64. The van der Waals surface area contributed by atoms with Crippen LogP contribution in [-0.2, 0) is 14.4 Å². The molecule has 17 nitrogen and oxygen atoms in total. The molecule has 0 radical (unpaired) electrons. The number of piperazine rings is 1. The molecule has 2 aromatic heterocycles. The second-order valence-corrected chi connectivity index (χ2v) is 16.0. The molecule has 19 heteroatoms. The van der Waals surface area contributed by atoms with Gasteiger partial charge in [-0.05, 0) is 62.4 Å². The van der Waals surface area contributed by atoms with Crippen LogP contribution in [0.1, 0.15) is 73.3 Å². The molecular formula is C41H49F2N11O6. The summed E-state index contributed by atoms with van der Waals surface area (Å²) in [6.07, 6.45) is 8.20. The number of imide groups is 1. The van der Waals surface area contributed by atoms with Gasteiger partial charge in [-0.2, -0.15) is 13.8 Å². The molecule has 3 aromatic rings. The van der Waals surface area contributed by atoms with Crippen LogP contribution in [0.25, 0.3) is 0 Å². The molecule has 6 heterocycles. The summed E-state index contributed by atoms with van der Waals surface area (Å²) in [5.74, 6) is -5.53. The van der Waals surface area contributed by atoms with E-state index in [-0.39, 0.29) is 59.7 Å². The molecule has 1 unspecified atom stereocenters. The van der Waals surface area contributed by atoms with E-state index < -0.39 is 24.3 Å². The second kappa shape index (κ2) is 16.8. The maximum Gasteiger partial charge on any atom is 0.342 e. The number of ether oxygens (including phenoxy) is 1. The number of fused-ring (bicyclic) bond motifs is 1. The Hall–Kier alpha value is -6.14. The van der Waals surface area contributed by atoms with Gasteiger partial charge < -0.3 is 39.9 Å². The Kier molecular flexibility index (Phi) is 11.4. The lowest BCUT2D eigenvalue weighted by Crippen LogP contribution is -2.55. The number of piperidine rings is 2. The van der Waals surface area contributed by atoms with E-state index in [2.05, 4.69) is 35.8 Å². The van der Waals surface area contributed by atoms with Crippen molar-refractivity contribution in [2.75, 3.05) is 80.0 Å². The fourth-order valence-corrected chi connectivity index (χ4v) is 8.80. The van der Waals surface area contributed by atoms with Crippen molar-refractivity contribution in [3.05, 3.63) is 54.0 Å². The zero-order valence-electron chi connectivity index (χ0n) is 33.7. The number of benzene rings is 1. The average Bonchev–Trinajstić information content (AvgIpc) is 3.78. The Bertz CT molecular complexity index is 2150. The summed E-state index contributed by atoms with van der Waals surface area (Å²) < 4.78 is 35.7. The van der Waals surface area contributed by atoms with E-state index >= 15 is 8.78 Å². The molecule has 318 valence electrons. The third-order valence-electron chi connectivity index (χ3n) is 12.2. The van der Waals surface area contributed by atoms with Crippen molar-refractivity contribution >= 4 is 58.5 Å². The number of hydrogen-bond donors (Lipinski definition) is 3. The lowest BCUT2D eigenvalue weighted by atomic mass is 9.94. The van der Waals surface area contributed by atoms with E-state index in [1.165, 1.54) is 25.3 Å². The predicted molar refractivity (Wildman–Crippen MR) is 217 cm³/mol. The van der Waals surface area contributed by atoms with Crippen molar-refractivity contribution < 1.29 is 37.5 Å². The molecule has 60 heavy (non-hydrogen) atoms. The topological polar surface area (TPSA) is 186 Å². The van der Waals surface area contributed by atoms with Crippen LogP contribution in [0.3, 0.4) is 0 Å². The minimum atomic E-state index is -3.59. The molecule has 1 aromatic carbocycles. The lowest BCUT2D eigenvalue weighted by molar-refractivity contribution is -0.140. The first-order chi connectivity index (χ1) is 28.9. The number of pyridine rings is 1. The number of amides is 6. The van der Waals surface area contributed by atoms with E-state index in [1.807, 2.05) is 21.9 Å². The molecule has 6 amide bonds. The molecular weight excluding hydrogens is 781 g/mol. The fourth-order valence-electron chi connectivity index (χ4n) is 8.80. The number of nitrogens with zero attached hydrogens (tertiary/aromatic N) is 8. The fraction of sp³-hybridized carbons (Fsp3) is 0.512. The average molecular weight is 830 g/mol. The smallest absolute Gasteiger partial charge is 0.342 e. The minimum absolute atomic E-state index is 0.0330. The lowest BCUT2D eigenvalue weighted by Gasteiger charge is -2.40. The molecule has 3 N–H and O–H groups in total. The van der Waals surface area contributed by atoms with Crippen molar-refractivity contribution in [3.63, 3.8) is 0 Å². The standard InChI is InChI=1S/C41H49F2N11O6/c1-50-32-23-45-39(49-35(32)54(27-5-3-4-6-27)24-41(42,43)38(50)58)47-30-9-7-25(21-33(30)60-2)36(56)46-26-12-15-52(16-13-26)40(59)53-19-17-51(18-20-53)28-11-14-44-31(22-28)29-8-10-34(55)48-37(29)57/h7,9,11,14,21-23,26-27,29H,3-6,8,10,12-13,15-20,24H2,1-2H3,(H,46,56)(H,45,47,49)(H,48,55,57). The number of carbonyl (C=O) groups excluding carboxylic acids is 5. The summed E-state index contributed by atoms with van der Waals surface area (Å²) in [6, 6.07) is 8.34. The van der Waals surface area contributed by atoms with Crippen molar-refractivity contribution in [1.82, 2.24) is 35.4 Å². The molecule has 8 rings (SSSR count). The minimum Gasteiger partial charge on any atom is -0.495 e. The first-order valence-electron chi connectivity index (χ1n) is 20.5. The number of alkyl halides is 2. The Balaban J connectivity index is 0.841. The zero-order chi connectivity index (χ0) is 42.1. The van der Waals surface area contributed by atoms with E-state index in [0.717, 1.165) is 36.3 Å². The quantitative estimate of drug-likeness (QED) is 0.281. The van der Waals surface area contributed by atoms with Crippen LogP contribution in [0.2, 0.25) is 0 Å². The van der Waals surface area contributed by atoms with Crippen LogP contribution >= 0.6 is 0 Å². The maximum absolute atomic E-state index is 15.0. The monoisotopic (exact) mass is 829 g/mol. The van der Waals surface area contributed by atoms with Gasteiger partial charge >= 0.3 is 12.0 Å². The summed E-state index contributed by atoms with van der Waals surface area (Å²) in [5.41, 5.74) is 2.57. The van der Waals surface area contributed by atoms with Crippen molar-refractivity contribution in [2.24, 2.45) is 0 Å². The summed E-state index contributed by atoms with van der Waals surface area (Å²) in [7, 11) is 2.77. The normalized spacial score (nSPS) is 21.4. The van der Waals surface area contributed by atoms with E-state index in [4.69, 9.17) is 4.74 Å². The largest absolute Gasteiger partial charge is 0.495 e. The number of methoxy groups -OCH3 is 1. The molecule has 1 saturated carbocycles. The van der Waals surface area contributed by atoms with Gasteiger partial charge in [-0.1, -0.05) is 12.8 Å². The summed E-state index contributed by atoms with van der Waals surface area (Å²) >= 11 is 0. The SMILES string of the molecule is COc1cc(C(=O)NC2CCN(C(=O)N3CCN(c4ccnc(C5CCC(=O)NC5=O)c4)CC3)CC2)ccc1Nc1ncc2c(n1)N(C1CCCC1)CC(F)(F)C(=O)N2C. The Morgan fingerprint density at radius 1 is 0.917 bits per heavy atom. The van der Waals surface area contributed by atoms with E-state index in [0.29, 0.717) is 81.2 Å². The molecule has 4 fully saturated rings. The van der Waals surface area contributed by atoms with Gasteiger partial charge in [0.15, 0.2) is 5.82 Å². The third-order valence-corrected chi connectivity index (χ3v) is 12.2. The number of anilines is 5. The summed E-state index contributed by atoms with van der Waals surface area (Å²) in [6.45, 7) is 2.54. The van der Waals surface area contributed by atoms with Crippen LogP contribution in [0.15, 0.2) is 42.7 Å². The molecule has 4 aliphatic heterocycles. The van der Waals surface area contributed by atoms with Crippen molar-refractivity contribution in [3.8, 4) is 5.75 Å². The number of nitrogens with one attached hydrogen (secondary N) is 3. The molecule has 1 atom stereocenters. The number of rotatable bonds is 8. The van der Waals surface area contributed by atoms with Gasteiger partial charge in [0.1, 0.15) is 11.4 Å². The van der Waals surface area contributed by atoms with Gasteiger partial charge in [-0.15, -0.1) is 0 Å². The number of likely N-dealkylation sites (tertiary alicyclic amines) is 1. The third kappa shape index (κ3) is 8.34. The highest BCUT2D eigenvalue weighted by molar-refractivity contribution is 6.02. The molecule has 0 spiro atoms. The van der Waals surface area contributed by atoms with Gasteiger partial charge in [0.25, 0.3) is 11.8 Å². The van der Waals surface area contributed by atoms with Crippen LogP contribution in [-0.4, -0.2) is 132 Å². The zero-order valence-corrected chi connectivity index (χ0v) is 33.7. The van der Waals surface area contributed by atoms with Crippen LogP contribution in [0.4, 0.5) is 42.4 Å². The van der Waals surface area contributed by atoms with Crippen LogP contribution < -0.4 is 35.4 Å². The van der Waals surface area contributed by atoms with Gasteiger partial charge in [0, 0.05) is 82.3 Å². The van der Waals surface area contributed by atoms with Gasteiger partial charge in [0.2, 0.25) is 17.8 Å². The Morgan fingerprint density at radius 3 is 2.37 bits per heavy atom. The van der Waals surface area contributed by atoms with Gasteiger partial charge in [-0.3, -0.25) is 29.5 Å². The van der Waals surface area contributed by atoms with Crippen molar-refractivity contribution in [1.29, 1.82) is 0 Å². The van der Waals surface area contributed by atoms with E-state index in [1.54, 1.807) is 24.4 Å². The van der Waals surface area contributed by atoms with Crippen LogP contribution in [0.5, 0.6) is 5.75 Å². The number of hydrogen-bond acceptors (Lipinski definition) is 12. The van der Waals surface area contributed by atoms with Crippen molar-refractivity contribution in [2.45, 2.75) is 75.3 Å². The highest BCUT2D eigenvalue weighted by Gasteiger charge is 2.49. The summed E-state index contributed by atoms with van der Waals surface area (Å²) in [5, 5.41) is 8.59.